The highest BCUT2D eigenvalue weighted by Gasteiger charge is 2.07. The van der Waals surface area contributed by atoms with Gasteiger partial charge in [-0.25, -0.2) is 4.98 Å². The molecule has 2 heterocycles. The fourth-order valence-corrected chi connectivity index (χ4v) is 2.09. The van der Waals surface area contributed by atoms with Crippen LogP contribution in [0.1, 0.15) is 31.4 Å². The Bertz CT molecular complexity index is 475. The van der Waals surface area contributed by atoms with E-state index in [4.69, 9.17) is 0 Å². The number of aryl methyl sites for hydroxylation is 1. The van der Waals surface area contributed by atoms with Crippen LogP contribution in [0.4, 0.5) is 5.13 Å². The molecule has 0 aliphatic heterocycles. The molecule has 1 N–H and O–H groups in total. The maximum atomic E-state index is 4.40. The van der Waals surface area contributed by atoms with Crippen LogP contribution in [-0.4, -0.2) is 30.7 Å². The van der Waals surface area contributed by atoms with E-state index in [2.05, 4.69) is 38.7 Å². The van der Waals surface area contributed by atoms with Gasteiger partial charge in [-0.05, 0) is 0 Å². The molecule has 92 valence electrons. The molecular formula is C10H16N6S. The van der Waals surface area contributed by atoms with Crippen LogP contribution in [-0.2, 0) is 13.5 Å². The van der Waals surface area contributed by atoms with Gasteiger partial charge in [-0.2, -0.15) is 4.37 Å². The number of anilines is 1. The smallest absolute Gasteiger partial charge is 0.202 e. The van der Waals surface area contributed by atoms with Crippen LogP contribution in [0.25, 0.3) is 0 Å². The number of rotatable bonds is 5. The van der Waals surface area contributed by atoms with Crippen LogP contribution in [0.3, 0.4) is 0 Å². The standard InChI is InChI=1S/C10H16N6S/c1-7(2)9-13-10(17-15-9)11-5-4-8-14-12-6-16(8)3/h6-7H,4-5H2,1-3H3,(H,11,13,15). The maximum absolute atomic E-state index is 4.40. The van der Waals surface area contributed by atoms with Crippen LogP contribution in [0.15, 0.2) is 6.33 Å². The summed E-state index contributed by atoms with van der Waals surface area (Å²) in [5.74, 6) is 2.24. The van der Waals surface area contributed by atoms with E-state index in [0.29, 0.717) is 5.92 Å². The van der Waals surface area contributed by atoms with Gasteiger partial charge < -0.3 is 9.88 Å². The quantitative estimate of drug-likeness (QED) is 0.872. The third kappa shape index (κ3) is 3.00. The lowest BCUT2D eigenvalue weighted by atomic mass is 10.2. The molecular weight excluding hydrogens is 236 g/mol. The van der Waals surface area contributed by atoms with Crippen molar-refractivity contribution in [3.05, 3.63) is 18.0 Å². The average Bonchev–Trinajstić information content (AvgIpc) is 2.89. The Kier molecular flexibility index (Phi) is 3.68. The van der Waals surface area contributed by atoms with Gasteiger partial charge in [-0.3, -0.25) is 0 Å². The van der Waals surface area contributed by atoms with E-state index in [9.17, 15) is 0 Å². The van der Waals surface area contributed by atoms with Crippen molar-refractivity contribution in [2.24, 2.45) is 7.05 Å². The fraction of sp³-hybridized carbons (Fsp3) is 0.600. The Morgan fingerprint density at radius 1 is 1.47 bits per heavy atom. The molecule has 0 aliphatic carbocycles. The summed E-state index contributed by atoms with van der Waals surface area (Å²) in [6, 6.07) is 0. The van der Waals surface area contributed by atoms with Crippen LogP contribution in [0, 0.1) is 0 Å². The van der Waals surface area contributed by atoms with Crippen molar-refractivity contribution in [2.45, 2.75) is 26.2 Å². The van der Waals surface area contributed by atoms with Gasteiger partial charge in [-0.1, -0.05) is 13.8 Å². The molecule has 0 bridgehead atoms. The zero-order chi connectivity index (χ0) is 12.3. The zero-order valence-corrected chi connectivity index (χ0v) is 11.0. The van der Waals surface area contributed by atoms with Crippen LogP contribution in [0.2, 0.25) is 0 Å². The SMILES string of the molecule is CC(C)c1nsc(NCCc2nncn2C)n1. The van der Waals surface area contributed by atoms with Gasteiger partial charge in [0.2, 0.25) is 5.13 Å². The first kappa shape index (κ1) is 12.0. The van der Waals surface area contributed by atoms with Crippen molar-refractivity contribution in [1.82, 2.24) is 24.1 Å². The normalized spacial score (nSPS) is 11.1. The Labute approximate surface area is 104 Å². The van der Waals surface area contributed by atoms with E-state index in [1.54, 1.807) is 6.33 Å². The van der Waals surface area contributed by atoms with Gasteiger partial charge in [-0.15, -0.1) is 10.2 Å². The van der Waals surface area contributed by atoms with E-state index in [1.165, 1.54) is 11.5 Å². The monoisotopic (exact) mass is 252 g/mol. The predicted molar refractivity (Wildman–Crippen MR) is 67.2 cm³/mol. The minimum atomic E-state index is 0.376. The van der Waals surface area contributed by atoms with Crippen molar-refractivity contribution >= 4 is 16.7 Å². The summed E-state index contributed by atoms with van der Waals surface area (Å²) >= 11 is 1.40. The number of aromatic nitrogens is 5. The molecule has 2 rings (SSSR count). The molecule has 0 fully saturated rings. The van der Waals surface area contributed by atoms with E-state index < -0.39 is 0 Å². The van der Waals surface area contributed by atoms with E-state index in [0.717, 1.165) is 29.7 Å². The molecule has 6 nitrogen and oxygen atoms in total. The van der Waals surface area contributed by atoms with E-state index in [1.807, 2.05) is 11.6 Å². The summed E-state index contributed by atoms with van der Waals surface area (Å²) in [6.45, 7) is 4.97. The van der Waals surface area contributed by atoms with Crippen molar-refractivity contribution in [3.8, 4) is 0 Å². The van der Waals surface area contributed by atoms with E-state index in [-0.39, 0.29) is 0 Å². The number of hydrogen-bond donors (Lipinski definition) is 1. The molecule has 0 saturated heterocycles. The fourth-order valence-electron chi connectivity index (χ4n) is 1.36. The molecule has 0 atom stereocenters. The van der Waals surface area contributed by atoms with Gasteiger partial charge >= 0.3 is 0 Å². The van der Waals surface area contributed by atoms with Crippen molar-refractivity contribution in [3.63, 3.8) is 0 Å². The summed E-state index contributed by atoms with van der Waals surface area (Å²) in [4.78, 5) is 4.40. The maximum Gasteiger partial charge on any atom is 0.202 e. The molecule has 0 aliphatic rings. The minimum absolute atomic E-state index is 0.376. The molecule has 0 amide bonds. The molecule has 17 heavy (non-hydrogen) atoms. The number of hydrogen-bond acceptors (Lipinski definition) is 6. The van der Waals surface area contributed by atoms with Crippen LogP contribution in [0.5, 0.6) is 0 Å². The lowest BCUT2D eigenvalue weighted by molar-refractivity contribution is 0.783. The highest BCUT2D eigenvalue weighted by molar-refractivity contribution is 7.09. The van der Waals surface area contributed by atoms with Gasteiger partial charge in [0.05, 0.1) is 0 Å². The van der Waals surface area contributed by atoms with Crippen molar-refractivity contribution in [2.75, 3.05) is 11.9 Å². The molecule has 7 heteroatoms. The van der Waals surface area contributed by atoms with Crippen LogP contribution < -0.4 is 5.32 Å². The summed E-state index contributed by atoms with van der Waals surface area (Å²) in [7, 11) is 1.94. The predicted octanol–water partition coefficient (Wildman–Crippen LogP) is 1.44. The summed E-state index contributed by atoms with van der Waals surface area (Å²) in [5.41, 5.74) is 0. The second-order valence-electron chi connectivity index (χ2n) is 4.15. The molecule has 0 radical (unpaired) electrons. The first-order valence-electron chi connectivity index (χ1n) is 5.57. The van der Waals surface area contributed by atoms with Gasteiger partial charge in [0.1, 0.15) is 18.0 Å². The Balaban J connectivity index is 1.84. The van der Waals surface area contributed by atoms with Crippen LogP contribution >= 0.6 is 11.5 Å². The largest absolute Gasteiger partial charge is 0.360 e. The third-order valence-corrected chi connectivity index (χ3v) is 3.08. The Morgan fingerprint density at radius 2 is 2.29 bits per heavy atom. The Hall–Kier alpha value is -1.50. The molecule has 0 saturated carbocycles. The first-order chi connectivity index (χ1) is 8.16. The summed E-state index contributed by atoms with van der Waals surface area (Å²) < 4.78 is 6.20. The lowest BCUT2D eigenvalue weighted by Crippen LogP contribution is -2.08. The summed E-state index contributed by atoms with van der Waals surface area (Å²) in [6.07, 6.45) is 2.53. The molecule has 2 aromatic rings. The van der Waals surface area contributed by atoms with Crippen molar-refractivity contribution in [1.29, 1.82) is 0 Å². The highest BCUT2D eigenvalue weighted by atomic mass is 32.1. The minimum Gasteiger partial charge on any atom is -0.360 e. The zero-order valence-electron chi connectivity index (χ0n) is 10.2. The lowest BCUT2D eigenvalue weighted by Gasteiger charge is -2.01. The van der Waals surface area contributed by atoms with Gasteiger partial charge in [0, 0.05) is 37.5 Å². The average molecular weight is 252 g/mol. The molecule has 2 aromatic heterocycles. The topological polar surface area (TPSA) is 68.5 Å². The first-order valence-corrected chi connectivity index (χ1v) is 6.34. The third-order valence-electron chi connectivity index (χ3n) is 2.39. The Morgan fingerprint density at radius 3 is 2.88 bits per heavy atom. The highest BCUT2D eigenvalue weighted by Crippen LogP contribution is 2.16. The van der Waals surface area contributed by atoms with Crippen molar-refractivity contribution < 1.29 is 0 Å². The second-order valence-corrected chi connectivity index (χ2v) is 4.90. The second kappa shape index (κ2) is 5.22. The molecule has 0 spiro atoms. The van der Waals surface area contributed by atoms with Gasteiger partial charge in [0.25, 0.3) is 0 Å². The number of nitrogens with zero attached hydrogens (tertiary/aromatic N) is 5. The molecule has 0 unspecified atom stereocenters. The number of nitrogens with one attached hydrogen (secondary N) is 1. The summed E-state index contributed by atoms with van der Waals surface area (Å²) in [5, 5.41) is 12.0. The van der Waals surface area contributed by atoms with Gasteiger partial charge in [0.15, 0.2) is 0 Å². The van der Waals surface area contributed by atoms with E-state index >= 15 is 0 Å². The molecule has 0 aromatic carbocycles.